The number of likely N-dealkylation sites (N-methyl/N-ethyl adjacent to an activating group) is 1. The van der Waals surface area contributed by atoms with Crippen LogP contribution >= 0.6 is 0 Å². The second-order valence-corrected chi connectivity index (χ2v) is 11.1. The van der Waals surface area contributed by atoms with Gasteiger partial charge in [0.25, 0.3) is 0 Å². The van der Waals surface area contributed by atoms with Crippen LogP contribution in [-0.2, 0) is 11.3 Å². The van der Waals surface area contributed by atoms with Crippen molar-refractivity contribution in [2.75, 3.05) is 36.9 Å². The molecule has 1 aliphatic heterocycles. The third-order valence-electron chi connectivity index (χ3n) is 8.39. The Morgan fingerprint density at radius 1 is 1.07 bits per heavy atom. The molecule has 1 saturated heterocycles. The first-order valence-electron chi connectivity index (χ1n) is 14.5. The maximum atomic E-state index is 12.2. The fourth-order valence-corrected chi connectivity index (χ4v) is 5.65. The standard InChI is InChI=1S/C34H37N7O/c1-6-31(42)37-30-17-25(9-8-22(30)3)32-29-16-26(27-19-36-41(7-2)21-27)18-35-34(29)38-33(32)24-10-12-28(13-11-24)40-15-14-39(5)23(4)20-40/h6,8-13,16-19,21,23H,1,7,14-15,20H2,2-5H3,(H,35,38)(H,37,42)/t23-/m0/s1. The summed E-state index contributed by atoms with van der Waals surface area (Å²) in [5, 5.41) is 8.43. The average Bonchev–Trinajstić information content (AvgIpc) is 3.64. The van der Waals surface area contributed by atoms with Crippen molar-refractivity contribution < 1.29 is 4.79 Å². The molecule has 0 aliphatic carbocycles. The number of amides is 1. The van der Waals surface area contributed by atoms with E-state index >= 15 is 0 Å². The number of carbonyl (C=O) groups excluding carboxylic acids is 1. The third kappa shape index (κ3) is 5.21. The van der Waals surface area contributed by atoms with Crippen LogP contribution in [0.4, 0.5) is 11.4 Å². The number of hydrogen-bond donors (Lipinski definition) is 2. The normalized spacial score (nSPS) is 15.7. The number of piperazine rings is 1. The van der Waals surface area contributed by atoms with Crippen molar-refractivity contribution in [3.63, 3.8) is 0 Å². The number of aromatic nitrogens is 4. The van der Waals surface area contributed by atoms with E-state index < -0.39 is 0 Å². The Morgan fingerprint density at radius 3 is 2.57 bits per heavy atom. The Morgan fingerprint density at radius 2 is 1.86 bits per heavy atom. The highest BCUT2D eigenvalue weighted by Gasteiger charge is 2.22. The van der Waals surface area contributed by atoms with Gasteiger partial charge in [-0.05, 0) is 74.9 Å². The van der Waals surface area contributed by atoms with E-state index in [1.165, 1.54) is 11.8 Å². The number of H-pyrrole nitrogens is 1. The van der Waals surface area contributed by atoms with E-state index in [4.69, 9.17) is 4.98 Å². The second-order valence-electron chi connectivity index (χ2n) is 11.1. The molecule has 4 heterocycles. The van der Waals surface area contributed by atoms with Crippen molar-refractivity contribution >= 4 is 28.3 Å². The van der Waals surface area contributed by atoms with Gasteiger partial charge in [-0.25, -0.2) is 4.98 Å². The molecule has 1 fully saturated rings. The summed E-state index contributed by atoms with van der Waals surface area (Å²) in [4.78, 5) is 25.5. The highest BCUT2D eigenvalue weighted by atomic mass is 16.1. The van der Waals surface area contributed by atoms with Gasteiger partial charge in [-0.1, -0.05) is 30.8 Å². The number of anilines is 2. The fourth-order valence-electron chi connectivity index (χ4n) is 5.65. The molecular formula is C34H37N7O. The molecule has 8 heteroatoms. The molecule has 0 unspecified atom stereocenters. The average molecular weight is 560 g/mol. The van der Waals surface area contributed by atoms with Crippen molar-refractivity contribution in [2.24, 2.45) is 0 Å². The van der Waals surface area contributed by atoms with E-state index in [-0.39, 0.29) is 5.91 Å². The molecule has 0 saturated carbocycles. The van der Waals surface area contributed by atoms with Crippen molar-refractivity contribution in [3.8, 4) is 33.5 Å². The summed E-state index contributed by atoms with van der Waals surface area (Å²) in [6.45, 7) is 13.8. The molecule has 214 valence electrons. The van der Waals surface area contributed by atoms with E-state index in [9.17, 15) is 4.79 Å². The zero-order valence-corrected chi connectivity index (χ0v) is 24.7. The molecule has 5 aromatic rings. The van der Waals surface area contributed by atoms with Crippen LogP contribution in [0.1, 0.15) is 19.4 Å². The second kappa shape index (κ2) is 11.3. The van der Waals surface area contributed by atoms with Gasteiger partial charge in [0.1, 0.15) is 5.65 Å². The summed E-state index contributed by atoms with van der Waals surface area (Å²) < 4.78 is 1.92. The van der Waals surface area contributed by atoms with Gasteiger partial charge in [-0.2, -0.15) is 5.10 Å². The van der Waals surface area contributed by atoms with E-state index in [1.807, 2.05) is 42.3 Å². The molecule has 0 radical (unpaired) electrons. The molecule has 42 heavy (non-hydrogen) atoms. The lowest BCUT2D eigenvalue weighted by molar-refractivity contribution is -0.111. The van der Waals surface area contributed by atoms with Crippen LogP contribution in [0, 0.1) is 6.92 Å². The number of fused-ring (bicyclic) bond motifs is 1. The van der Waals surface area contributed by atoms with Crippen LogP contribution in [0.2, 0.25) is 0 Å². The van der Waals surface area contributed by atoms with Crippen LogP contribution < -0.4 is 10.2 Å². The van der Waals surface area contributed by atoms with Crippen LogP contribution in [-0.4, -0.2) is 63.3 Å². The minimum atomic E-state index is -0.236. The van der Waals surface area contributed by atoms with Crippen LogP contribution in [0.3, 0.4) is 0 Å². The Bertz CT molecular complexity index is 1760. The van der Waals surface area contributed by atoms with Crippen molar-refractivity contribution in [1.82, 2.24) is 24.6 Å². The number of aryl methyl sites for hydroxylation is 2. The van der Waals surface area contributed by atoms with Gasteiger partial charge in [-0.3, -0.25) is 9.48 Å². The van der Waals surface area contributed by atoms with Gasteiger partial charge >= 0.3 is 0 Å². The lowest BCUT2D eigenvalue weighted by atomic mass is 9.96. The van der Waals surface area contributed by atoms with Crippen molar-refractivity contribution in [1.29, 1.82) is 0 Å². The first-order valence-corrected chi connectivity index (χ1v) is 14.5. The number of carbonyl (C=O) groups is 1. The zero-order chi connectivity index (χ0) is 29.4. The van der Waals surface area contributed by atoms with Crippen LogP contribution in [0.25, 0.3) is 44.5 Å². The predicted octanol–water partition coefficient (Wildman–Crippen LogP) is 6.35. The quantitative estimate of drug-likeness (QED) is 0.227. The smallest absolute Gasteiger partial charge is 0.247 e. The minimum Gasteiger partial charge on any atom is -0.369 e. The Kier molecular flexibility index (Phi) is 7.39. The van der Waals surface area contributed by atoms with Crippen molar-refractivity contribution in [2.45, 2.75) is 33.4 Å². The molecule has 3 aromatic heterocycles. The number of rotatable bonds is 7. The molecule has 2 aromatic carbocycles. The predicted molar refractivity (Wildman–Crippen MR) is 172 cm³/mol. The summed E-state index contributed by atoms with van der Waals surface area (Å²) in [5.74, 6) is -0.236. The maximum absolute atomic E-state index is 12.2. The van der Waals surface area contributed by atoms with Gasteiger partial charge in [0.15, 0.2) is 0 Å². The number of pyridine rings is 1. The van der Waals surface area contributed by atoms with E-state index in [2.05, 4.69) is 89.1 Å². The topological polar surface area (TPSA) is 82.1 Å². The van der Waals surface area contributed by atoms with Crippen LogP contribution in [0.15, 0.2) is 79.8 Å². The number of hydrogen-bond acceptors (Lipinski definition) is 5. The number of nitrogens with zero attached hydrogens (tertiary/aromatic N) is 5. The fraction of sp³-hybridized carbons (Fsp3) is 0.265. The summed E-state index contributed by atoms with van der Waals surface area (Å²) in [7, 11) is 2.19. The number of aromatic amines is 1. The summed E-state index contributed by atoms with van der Waals surface area (Å²) in [5.41, 5.74) is 9.88. The van der Waals surface area contributed by atoms with Gasteiger partial charge in [0, 0.05) is 78.1 Å². The first-order chi connectivity index (χ1) is 20.3. The van der Waals surface area contributed by atoms with Gasteiger partial charge in [-0.15, -0.1) is 0 Å². The van der Waals surface area contributed by atoms with E-state index in [1.54, 1.807) is 0 Å². The molecule has 1 atom stereocenters. The molecule has 6 rings (SSSR count). The number of nitrogens with one attached hydrogen (secondary N) is 2. The van der Waals surface area contributed by atoms with Crippen LogP contribution in [0.5, 0.6) is 0 Å². The minimum absolute atomic E-state index is 0.236. The molecular weight excluding hydrogens is 522 g/mol. The molecule has 0 bridgehead atoms. The molecule has 1 amide bonds. The summed E-state index contributed by atoms with van der Waals surface area (Å²) in [6, 6.07) is 17.7. The highest BCUT2D eigenvalue weighted by molar-refractivity contribution is 6.05. The molecule has 0 spiro atoms. The van der Waals surface area contributed by atoms with Crippen molar-refractivity contribution in [3.05, 3.63) is 85.3 Å². The maximum Gasteiger partial charge on any atom is 0.247 e. The Labute approximate surface area is 246 Å². The summed E-state index contributed by atoms with van der Waals surface area (Å²) in [6.07, 6.45) is 7.11. The Balaban J connectivity index is 1.47. The monoisotopic (exact) mass is 559 g/mol. The molecule has 1 aliphatic rings. The lowest BCUT2D eigenvalue weighted by Gasteiger charge is -2.39. The SMILES string of the molecule is C=CC(=O)Nc1cc(-c2c(-c3ccc(N4CCN(C)[C@@H](C)C4)cc3)[nH]c3ncc(-c4cnn(CC)c4)cc23)ccc1C. The molecule has 8 nitrogen and oxygen atoms in total. The van der Waals surface area contributed by atoms with E-state index in [0.717, 1.165) is 82.0 Å². The zero-order valence-electron chi connectivity index (χ0n) is 24.7. The first kappa shape index (κ1) is 27.5. The third-order valence-corrected chi connectivity index (χ3v) is 8.39. The Hall–Kier alpha value is -4.69. The van der Waals surface area contributed by atoms with Gasteiger partial charge in [0.05, 0.1) is 11.9 Å². The van der Waals surface area contributed by atoms with Gasteiger partial charge < -0.3 is 20.1 Å². The lowest BCUT2D eigenvalue weighted by Crippen LogP contribution is -2.50. The molecule has 2 N–H and O–H groups in total. The van der Waals surface area contributed by atoms with Gasteiger partial charge in [0.2, 0.25) is 5.91 Å². The van der Waals surface area contributed by atoms with E-state index in [0.29, 0.717) is 6.04 Å². The number of benzene rings is 2. The highest BCUT2D eigenvalue weighted by Crippen LogP contribution is 2.41. The largest absolute Gasteiger partial charge is 0.369 e. The summed E-state index contributed by atoms with van der Waals surface area (Å²) >= 11 is 0.